The van der Waals surface area contributed by atoms with Crippen molar-refractivity contribution in [2.75, 3.05) is 0 Å². The zero-order valence-corrected chi connectivity index (χ0v) is 10.7. The van der Waals surface area contributed by atoms with Gasteiger partial charge in [-0.2, -0.15) is 0 Å². The number of phenols is 2. The van der Waals surface area contributed by atoms with Crippen LogP contribution in [-0.2, 0) is 0 Å². The summed E-state index contributed by atoms with van der Waals surface area (Å²) in [7, 11) is 0. The fraction of sp³-hybridized carbons (Fsp3) is 0. The van der Waals surface area contributed by atoms with Crippen molar-refractivity contribution in [1.82, 2.24) is 0 Å². The van der Waals surface area contributed by atoms with Crippen molar-refractivity contribution in [2.24, 2.45) is 0 Å². The van der Waals surface area contributed by atoms with Crippen LogP contribution in [0.3, 0.4) is 0 Å². The molecule has 0 unspecified atom stereocenters. The van der Waals surface area contributed by atoms with Gasteiger partial charge >= 0.3 is 5.63 Å². The predicted molar refractivity (Wildman–Crippen MR) is 75.7 cm³/mol. The molecule has 21 heavy (non-hydrogen) atoms. The second-order valence-electron chi connectivity index (χ2n) is 4.55. The van der Waals surface area contributed by atoms with Crippen LogP contribution in [0.15, 0.2) is 57.7 Å². The van der Waals surface area contributed by atoms with Crippen molar-refractivity contribution in [1.29, 1.82) is 0 Å². The smallest absolute Gasteiger partial charge is 0.347 e. The first-order valence-corrected chi connectivity index (χ1v) is 6.15. The Bertz CT molecular complexity index is 891. The minimum atomic E-state index is -0.744. The lowest BCUT2D eigenvalue weighted by atomic mass is 10.0. The number of ketones is 1. The molecule has 104 valence electrons. The molecular formula is C16H10O5. The van der Waals surface area contributed by atoms with Gasteiger partial charge in [-0.05, 0) is 48.5 Å². The molecule has 0 aliphatic rings. The van der Waals surface area contributed by atoms with Crippen molar-refractivity contribution < 1.29 is 19.4 Å². The van der Waals surface area contributed by atoms with Crippen molar-refractivity contribution >= 4 is 16.8 Å². The lowest BCUT2D eigenvalue weighted by molar-refractivity contribution is 0.103. The quantitative estimate of drug-likeness (QED) is 0.556. The van der Waals surface area contributed by atoms with Gasteiger partial charge < -0.3 is 14.6 Å². The van der Waals surface area contributed by atoms with E-state index in [1.165, 1.54) is 48.5 Å². The Balaban J connectivity index is 2.15. The van der Waals surface area contributed by atoms with Crippen LogP contribution < -0.4 is 5.63 Å². The largest absolute Gasteiger partial charge is 0.508 e. The van der Waals surface area contributed by atoms with Gasteiger partial charge in [0.2, 0.25) is 0 Å². The van der Waals surface area contributed by atoms with E-state index in [0.717, 1.165) is 0 Å². The van der Waals surface area contributed by atoms with E-state index in [4.69, 9.17) is 4.42 Å². The first kappa shape index (κ1) is 12.9. The summed E-state index contributed by atoms with van der Waals surface area (Å²) < 4.78 is 5.08. The zero-order chi connectivity index (χ0) is 15.0. The number of aromatic hydroxyl groups is 2. The third-order valence-electron chi connectivity index (χ3n) is 3.09. The summed E-state index contributed by atoms with van der Waals surface area (Å²) >= 11 is 0. The second-order valence-corrected chi connectivity index (χ2v) is 4.55. The molecule has 1 heterocycles. The SMILES string of the molecule is O=C(c1ccc(O)cc1)c1cc2cc(O)ccc2oc1=O. The van der Waals surface area contributed by atoms with Gasteiger partial charge in [0.1, 0.15) is 22.6 Å². The number of benzene rings is 2. The third kappa shape index (κ3) is 2.36. The minimum Gasteiger partial charge on any atom is -0.508 e. The van der Waals surface area contributed by atoms with Crippen LogP contribution in [0.2, 0.25) is 0 Å². The Labute approximate surface area is 118 Å². The van der Waals surface area contributed by atoms with Gasteiger partial charge in [0.15, 0.2) is 5.78 Å². The Hall–Kier alpha value is -3.08. The molecule has 0 radical (unpaired) electrons. The van der Waals surface area contributed by atoms with Crippen LogP contribution in [0.5, 0.6) is 11.5 Å². The topological polar surface area (TPSA) is 87.7 Å². The molecule has 5 nitrogen and oxygen atoms in total. The van der Waals surface area contributed by atoms with Crippen molar-refractivity contribution in [2.45, 2.75) is 0 Å². The molecule has 0 bridgehead atoms. The first-order chi connectivity index (χ1) is 10.0. The average molecular weight is 282 g/mol. The van der Waals surface area contributed by atoms with E-state index in [2.05, 4.69) is 0 Å². The molecule has 3 aromatic rings. The zero-order valence-electron chi connectivity index (χ0n) is 10.7. The summed E-state index contributed by atoms with van der Waals surface area (Å²) in [4.78, 5) is 24.2. The summed E-state index contributed by atoms with van der Waals surface area (Å²) in [5.41, 5.74) is -0.315. The highest BCUT2D eigenvalue weighted by atomic mass is 16.4. The van der Waals surface area contributed by atoms with Crippen molar-refractivity contribution in [3.63, 3.8) is 0 Å². The maximum absolute atomic E-state index is 12.3. The summed E-state index contributed by atoms with van der Waals surface area (Å²) in [5.74, 6) is -0.463. The van der Waals surface area contributed by atoms with Crippen LogP contribution >= 0.6 is 0 Å². The van der Waals surface area contributed by atoms with Gasteiger partial charge in [0.05, 0.1) is 0 Å². The van der Waals surface area contributed by atoms with Gasteiger partial charge in [0, 0.05) is 10.9 Å². The molecule has 3 rings (SSSR count). The molecule has 2 N–H and O–H groups in total. The molecule has 2 aromatic carbocycles. The van der Waals surface area contributed by atoms with E-state index in [1.54, 1.807) is 0 Å². The summed E-state index contributed by atoms with van der Waals surface area (Å²) in [5, 5.41) is 19.1. The number of carbonyl (C=O) groups is 1. The first-order valence-electron chi connectivity index (χ1n) is 6.15. The van der Waals surface area contributed by atoms with Gasteiger partial charge in [-0.15, -0.1) is 0 Å². The lowest BCUT2D eigenvalue weighted by Gasteiger charge is -2.03. The Morgan fingerprint density at radius 1 is 0.905 bits per heavy atom. The summed E-state index contributed by atoms with van der Waals surface area (Å²) in [6, 6.07) is 11.2. The van der Waals surface area contributed by atoms with E-state index in [9.17, 15) is 19.8 Å². The molecule has 0 saturated carbocycles. The Morgan fingerprint density at radius 2 is 1.57 bits per heavy atom. The standard InChI is InChI=1S/C16H10O5/c17-11-3-1-9(2-4-11)15(19)13-8-10-7-12(18)5-6-14(10)21-16(13)20/h1-8,17-18H. The van der Waals surface area contributed by atoms with Gasteiger partial charge in [-0.3, -0.25) is 4.79 Å². The van der Waals surface area contributed by atoms with E-state index < -0.39 is 11.4 Å². The highest BCUT2D eigenvalue weighted by Crippen LogP contribution is 2.20. The monoisotopic (exact) mass is 282 g/mol. The maximum Gasteiger partial charge on any atom is 0.347 e. The van der Waals surface area contributed by atoms with Crippen LogP contribution in [0.4, 0.5) is 0 Å². The second kappa shape index (κ2) is 4.79. The maximum atomic E-state index is 12.3. The number of phenolic OH excluding ortho intramolecular Hbond substituents is 2. The highest BCUT2D eigenvalue weighted by molar-refractivity contribution is 6.09. The molecule has 1 aromatic heterocycles. The number of rotatable bonds is 2. The third-order valence-corrected chi connectivity index (χ3v) is 3.09. The normalized spacial score (nSPS) is 10.7. The van der Waals surface area contributed by atoms with E-state index in [0.29, 0.717) is 11.0 Å². The number of hydrogen-bond donors (Lipinski definition) is 2. The fourth-order valence-corrected chi connectivity index (χ4v) is 2.04. The molecular weight excluding hydrogens is 272 g/mol. The number of fused-ring (bicyclic) bond motifs is 1. The summed E-state index contributed by atoms with van der Waals surface area (Å²) in [6.45, 7) is 0. The molecule has 0 saturated heterocycles. The molecule has 0 aliphatic heterocycles. The lowest BCUT2D eigenvalue weighted by Crippen LogP contribution is -2.14. The molecule has 0 amide bonds. The van der Waals surface area contributed by atoms with Gasteiger partial charge in [-0.25, -0.2) is 4.79 Å². The van der Waals surface area contributed by atoms with E-state index in [-0.39, 0.29) is 22.6 Å². The van der Waals surface area contributed by atoms with Gasteiger partial charge in [-0.1, -0.05) is 0 Å². The van der Waals surface area contributed by atoms with Gasteiger partial charge in [0.25, 0.3) is 0 Å². The molecule has 0 fully saturated rings. The van der Waals surface area contributed by atoms with Crippen LogP contribution in [0.1, 0.15) is 15.9 Å². The highest BCUT2D eigenvalue weighted by Gasteiger charge is 2.16. The fourth-order valence-electron chi connectivity index (χ4n) is 2.04. The van der Waals surface area contributed by atoms with E-state index in [1.807, 2.05) is 0 Å². The van der Waals surface area contributed by atoms with Crippen LogP contribution in [-0.4, -0.2) is 16.0 Å². The van der Waals surface area contributed by atoms with Crippen LogP contribution in [0, 0.1) is 0 Å². The molecule has 0 atom stereocenters. The Morgan fingerprint density at radius 3 is 2.29 bits per heavy atom. The molecule has 0 aliphatic carbocycles. The minimum absolute atomic E-state index is 0.0133. The molecule has 0 spiro atoms. The predicted octanol–water partition coefficient (Wildman–Crippen LogP) is 2.44. The number of carbonyl (C=O) groups excluding carboxylic acids is 1. The Kier molecular flexibility index (Phi) is 2.95. The van der Waals surface area contributed by atoms with Crippen LogP contribution in [0.25, 0.3) is 11.0 Å². The summed E-state index contributed by atoms with van der Waals surface area (Å²) in [6.07, 6.45) is 0. The van der Waals surface area contributed by atoms with E-state index >= 15 is 0 Å². The van der Waals surface area contributed by atoms with Crippen molar-refractivity contribution in [3.05, 3.63) is 70.1 Å². The average Bonchev–Trinajstić information content (AvgIpc) is 2.47. The van der Waals surface area contributed by atoms with Crippen molar-refractivity contribution in [3.8, 4) is 11.5 Å². The molecule has 5 heteroatoms. The number of hydrogen-bond acceptors (Lipinski definition) is 5.